The van der Waals surface area contributed by atoms with Gasteiger partial charge < -0.3 is 19.5 Å². The second-order valence-electron chi connectivity index (χ2n) is 6.62. The van der Waals surface area contributed by atoms with E-state index in [4.69, 9.17) is 4.74 Å². The van der Waals surface area contributed by atoms with Crippen LogP contribution in [0.2, 0.25) is 0 Å². The highest BCUT2D eigenvalue weighted by Crippen LogP contribution is 2.32. The third-order valence-electron chi connectivity index (χ3n) is 4.84. The molecule has 0 bridgehead atoms. The van der Waals surface area contributed by atoms with Gasteiger partial charge in [0.1, 0.15) is 5.75 Å². The first kappa shape index (κ1) is 17.1. The van der Waals surface area contributed by atoms with Crippen LogP contribution in [0.25, 0.3) is 0 Å². The van der Waals surface area contributed by atoms with Crippen LogP contribution in [0.5, 0.6) is 5.75 Å². The summed E-state index contributed by atoms with van der Waals surface area (Å²) >= 11 is 0. The van der Waals surface area contributed by atoms with E-state index in [9.17, 15) is 4.79 Å². The molecule has 0 aliphatic carbocycles. The summed E-state index contributed by atoms with van der Waals surface area (Å²) < 4.78 is 5.58. The van der Waals surface area contributed by atoms with Crippen LogP contribution in [-0.2, 0) is 17.8 Å². The average molecular weight is 362 g/mol. The van der Waals surface area contributed by atoms with E-state index in [1.54, 1.807) is 18.3 Å². The van der Waals surface area contributed by atoms with Crippen LogP contribution >= 0.6 is 0 Å². The van der Waals surface area contributed by atoms with Crippen molar-refractivity contribution in [2.45, 2.75) is 13.0 Å². The van der Waals surface area contributed by atoms with Gasteiger partial charge in [-0.2, -0.15) is 0 Å². The molecule has 3 aromatic rings. The minimum Gasteiger partial charge on any atom is -0.484 e. The van der Waals surface area contributed by atoms with Crippen LogP contribution in [0.15, 0.2) is 61.1 Å². The molecule has 2 aromatic carbocycles. The molecule has 0 saturated heterocycles. The molecule has 27 heavy (non-hydrogen) atoms. The highest BCUT2D eigenvalue weighted by molar-refractivity contribution is 5.94. The number of H-pyrrole nitrogens is 1. The van der Waals surface area contributed by atoms with Crippen LogP contribution in [0.4, 0.5) is 11.4 Å². The van der Waals surface area contributed by atoms with Crippen LogP contribution in [-0.4, -0.2) is 36.1 Å². The van der Waals surface area contributed by atoms with Crippen LogP contribution in [0.3, 0.4) is 0 Å². The molecule has 0 saturated carbocycles. The van der Waals surface area contributed by atoms with Gasteiger partial charge in [-0.1, -0.05) is 24.3 Å². The number of rotatable bonds is 6. The van der Waals surface area contributed by atoms with E-state index in [0.29, 0.717) is 5.75 Å². The van der Waals surface area contributed by atoms with Crippen molar-refractivity contribution in [1.29, 1.82) is 0 Å². The van der Waals surface area contributed by atoms with Crippen molar-refractivity contribution in [1.82, 2.24) is 9.97 Å². The lowest BCUT2D eigenvalue weighted by Crippen LogP contribution is -2.31. The highest BCUT2D eigenvalue weighted by atomic mass is 16.5. The Hall–Kier alpha value is -3.28. The molecule has 1 N–H and O–H groups in total. The van der Waals surface area contributed by atoms with E-state index in [1.165, 1.54) is 11.3 Å². The number of amides is 1. The number of nitrogens with zero attached hydrogens (tertiary/aromatic N) is 3. The number of hydrogen-bond acceptors (Lipinski definition) is 4. The van der Waals surface area contributed by atoms with Gasteiger partial charge in [-0.05, 0) is 36.2 Å². The lowest BCUT2D eigenvalue weighted by molar-refractivity contribution is -0.120. The molecule has 0 atom stereocenters. The van der Waals surface area contributed by atoms with Gasteiger partial charge in [-0.3, -0.25) is 4.79 Å². The van der Waals surface area contributed by atoms with Gasteiger partial charge in [0, 0.05) is 31.2 Å². The number of fused-ring (bicyclic) bond motifs is 1. The number of carbonyl (C=O) groups excluding carboxylic acids is 1. The zero-order valence-corrected chi connectivity index (χ0v) is 15.3. The van der Waals surface area contributed by atoms with E-state index in [2.05, 4.69) is 27.0 Å². The lowest BCUT2D eigenvalue weighted by Gasteiger charge is -2.22. The largest absolute Gasteiger partial charge is 0.484 e. The first-order valence-electron chi connectivity index (χ1n) is 9.00. The van der Waals surface area contributed by atoms with Gasteiger partial charge in [0.15, 0.2) is 6.61 Å². The molecule has 0 unspecified atom stereocenters. The molecule has 4 rings (SSSR count). The van der Waals surface area contributed by atoms with Crippen LogP contribution < -0.4 is 14.5 Å². The van der Waals surface area contributed by atoms with Crippen LogP contribution in [0.1, 0.15) is 11.3 Å². The fraction of sp³-hybridized carbons (Fsp3) is 0.238. The minimum absolute atomic E-state index is 0.00938. The number of imidazole rings is 1. The molecule has 0 spiro atoms. The summed E-state index contributed by atoms with van der Waals surface area (Å²) in [5, 5.41) is 0. The summed E-state index contributed by atoms with van der Waals surface area (Å²) in [6.07, 6.45) is 4.55. The third kappa shape index (κ3) is 3.79. The molecule has 1 aliphatic rings. The SMILES string of the molecule is CN(C(=O)COc1ccccc1)c1ccc2c(c1)N(Cc1cnc[nH]1)CC2. The maximum Gasteiger partial charge on any atom is 0.264 e. The molecule has 0 radical (unpaired) electrons. The Morgan fingerprint density at radius 2 is 2.11 bits per heavy atom. The van der Waals surface area contributed by atoms with E-state index in [0.717, 1.165) is 30.9 Å². The Balaban J connectivity index is 1.45. The Morgan fingerprint density at radius 3 is 2.89 bits per heavy atom. The minimum atomic E-state index is -0.0862. The maximum atomic E-state index is 12.5. The normalized spacial score (nSPS) is 12.7. The van der Waals surface area contributed by atoms with Gasteiger partial charge in [0.05, 0.1) is 18.6 Å². The van der Waals surface area contributed by atoms with Crippen molar-refractivity contribution < 1.29 is 9.53 Å². The Morgan fingerprint density at radius 1 is 1.26 bits per heavy atom. The summed E-state index contributed by atoms with van der Waals surface area (Å²) in [7, 11) is 1.78. The number of nitrogens with one attached hydrogen (secondary N) is 1. The number of aromatic nitrogens is 2. The number of aromatic amines is 1. The number of carbonyl (C=O) groups is 1. The van der Waals surface area contributed by atoms with Gasteiger partial charge in [0.25, 0.3) is 5.91 Å². The molecule has 6 nitrogen and oxygen atoms in total. The number of anilines is 2. The summed E-state index contributed by atoms with van der Waals surface area (Å²) in [5.74, 6) is 0.607. The fourth-order valence-corrected chi connectivity index (χ4v) is 3.29. The number of hydrogen-bond donors (Lipinski definition) is 1. The zero-order chi connectivity index (χ0) is 18.6. The van der Waals surface area contributed by atoms with Gasteiger partial charge in [0.2, 0.25) is 0 Å². The summed E-state index contributed by atoms with van der Waals surface area (Å²) in [5.41, 5.74) is 4.42. The third-order valence-corrected chi connectivity index (χ3v) is 4.84. The quantitative estimate of drug-likeness (QED) is 0.732. The smallest absolute Gasteiger partial charge is 0.264 e. The fourth-order valence-electron chi connectivity index (χ4n) is 3.29. The molecular weight excluding hydrogens is 340 g/mol. The topological polar surface area (TPSA) is 61.5 Å². The number of para-hydroxylation sites is 1. The molecule has 0 fully saturated rings. The maximum absolute atomic E-state index is 12.5. The van der Waals surface area contributed by atoms with Gasteiger partial charge in [-0.25, -0.2) is 4.98 Å². The van der Waals surface area contributed by atoms with E-state index < -0.39 is 0 Å². The summed E-state index contributed by atoms with van der Waals surface area (Å²) in [6, 6.07) is 15.6. The van der Waals surface area contributed by atoms with Crippen molar-refractivity contribution in [3.8, 4) is 5.75 Å². The van der Waals surface area contributed by atoms with Crippen LogP contribution in [0, 0.1) is 0 Å². The van der Waals surface area contributed by atoms with Gasteiger partial charge >= 0.3 is 0 Å². The molecule has 1 amide bonds. The van der Waals surface area contributed by atoms with Crippen molar-refractivity contribution in [2.75, 3.05) is 30.0 Å². The predicted octanol–water partition coefficient (Wildman–Crippen LogP) is 3.01. The number of ether oxygens (including phenoxy) is 1. The standard InChI is InChI=1S/C21H22N4O2/c1-24(21(26)14-27-19-5-3-2-4-6-19)18-8-7-16-9-10-25(20(16)11-18)13-17-12-22-15-23-17/h2-8,11-12,15H,9-10,13-14H2,1H3,(H,22,23). The second kappa shape index (κ2) is 7.53. The highest BCUT2D eigenvalue weighted by Gasteiger charge is 2.22. The van der Waals surface area contributed by atoms with Crippen molar-refractivity contribution in [3.63, 3.8) is 0 Å². The van der Waals surface area contributed by atoms with E-state index in [-0.39, 0.29) is 12.5 Å². The van der Waals surface area contributed by atoms with Crippen molar-refractivity contribution in [2.24, 2.45) is 0 Å². The first-order valence-corrected chi connectivity index (χ1v) is 9.00. The van der Waals surface area contributed by atoms with Crippen molar-refractivity contribution >= 4 is 17.3 Å². The number of likely N-dealkylation sites (N-methyl/N-ethyl adjacent to an activating group) is 1. The summed E-state index contributed by atoms with van der Waals surface area (Å²) in [6.45, 7) is 1.76. The predicted molar refractivity (Wildman–Crippen MR) is 105 cm³/mol. The first-order chi connectivity index (χ1) is 13.2. The summed E-state index contributed by atoms with van der Waals surface area (Å²) in [4.78, 5) is 23.7. The average Bonchev–Trinajstić information content (AvgIpc) is 3.36. The molecule has 1 aliphatic heterocycles. The molecule has 1 aromatic heterocycles. The Labute approximate surface area is 158 Å². The van der Waals surface area contributed by atoms with E-state index >= 15 is 0 Å². The molecule has 6 heteroatoms. The van der Waals surface area contributed by atoms with Gasteiger partial charge in [-0.15, -0.1) is 0 Å². The Kier molecular flexibility index (Phi) is 4.78. The molecular formula is C21H22N4O2. The number of benzene rings is 2. The second-order valence-corrected chi connectivity index (χ2v) is 6.62. The zero-order valence-electron chi connectivity index (χ0n) is 15.3. The Bertz CT molecular complexity index is 909. The molecule has 138 valence electrons. The van der Waals surface area contributed by atoms with Crippen molar-refractivity contribution in [3.05, 3.63) is 72.3 Å². The monoisotopic (exact) mass is 362 g/mol. The molecule has 2 heterocycles. The lowest BCUT2D eigenvalue weighted by atomic mass is 10.1. The van der Waals surface area contributed by atoms with E-state index in [1.807, 2.05) is 42.6 Å².